The van der Waals surface area contributed by atoms with E-state index in [9.17, 15) is 5.11 Å². The molecule has 2 atom stereocenters. The molecule has 19 heavy (non-hydrogen) atoms. The van der Waals surface area contributed by atoms with Gasteiger partial charge in [-0.1, -0.05) is 19.9 Å². The molecular weight excluding hydrogens is 236 g/mol. The molecule has 1 heterocycles. The lowest BCUT2D eigenvalue weighted by Crippen LogP contribution is -2.23. The normalized spacial score (nSPS) is 20.6. The maximum atomic E-state index is 9.89. The second kappa shape index (κ2) is 5.63. The Hall–Kier alpha value is -1.53. The third-order valence-electron chi connectivity index (χ3n) is 4.12. The summed E-state index contributed by atoms with van der Waals surface area (Å²) in [6, 6.07) is 7.75. The van der Waals surface area contributed by atoms with Gasteiger partial charge in [0.2, 0.25) is 0 Å². The molecule has 0 spiro atoms. The molecule has 0 radical (unpaired) electrons. The summed E-state index contributed by atoms with van der Waals surface area (Å²) in [4.78, 5) is 2.31. The molecule has 1 aromatic carbocycles. The summed E-state index contributed by atoms with van der Waals surface area (Å²) in [7, 11) is 0. The fourth-order valence-corrected chi connectivity index (χ4v) is 2.79. The Morgan fingerprint density at radius 1 is 1.37 bits per heavy atom. The zero-order valence-electron chi connectivity index (χ0n) is 11.9. The van der Waals surface area contributed by atoms with E-state index < -0.39 is 6.10 Å². The van der Waals surface area contributed by atoms with Crippen molar-refractivity contribution in [2.45, 2.75) is 33.3 Å². The second-order valence-electron chi connectivity index (χ2n) is 5.80. The number of aliphatic hydroxyl groups is 1. The van der Waals surface area contributed by atoms with E-state index in [4.69, 9.17) is 5.26 Å². The molecule has 0 aliphatic carbocycles. The highest BCUT2D eigenvalue weighted by molar-refractivity contribution is 5.59. The van der Waals surface area contributed by atoms with Gasteiger partial charge >= 0.3 is 0 Å². The quantitative estimate of drug-likeness (QED) is 0.906. The Labute approximate surface area is 115 Å². The number of hydrogen-bond acceptors (Lipinski definition) is 3. The Morgan fingerprint density at radius 2 is 2.11 bits per heavy atom. The standard InChI is InChI=1S/C16H22N2O/c1-11(2)14-6-7-18(10-14)16-8-13(9-17)4-5-15(16)12(3)19/h4-5,8,11-12,14,19H,6-7,10H2,1-3H3/t12-,14?/m0/s1. The highest BCUT2D eigenvalue weighted by atomic mass is 16.3. The molecule has 0 saturated carbocycles. The molecule has 1 fully saturated rings. The molecule has 3 heteroatoms. The minimum Gasteiger partial charge on any atom is -0.389 e. The van der Waals surface area contributed by atoms with Crippen LogP contribution in [0.25, 0.3) is 0 Å². The van der Waals surface area contributed by atoms with Crippen molar-refractivity contribution < 1.29 is 5.11 Å². The van der Waals surface area contributed by atoms with Gasteiger partial charge in [-0.25, -0.2) is 0 Å². The lowest BCUT2D eigenvalue weighted by molar-refractivity contribution is 0.199. The largest absolute Gasteiger partial charge is 0.389 e. The average molecular weight is 258 g/mol. The summed E-state index contributed by atoms with van der Waals surface area (Å²) in [6.07, 6.45) is 0.689. The van der Waals surface area contributed by atoms with Crippen molar-refractivity contribution in [2.24, 2.45) is 11.8 Å². The minimum atomic E-state index is -0.499. The lowest BCUT2D eigenvalue weighted by atomic mass is 9.95. The molecule has 1 aromatic rings. The van der Waals surface area contributed by atoms with Crippen LogP contribution in [0.4, 0.5) is 5.69 Å². The van der Waals surface area contributed by atoms with Crippen LogP contribution < -0.4 is 4.90 Å². The first-order valence-corrected chi connectivity index (χ1v) is 7.00. The molecule has 1 N–H and O–H groups in total. The summed E-state index contributed by atoms with van der Waals surface area (Å²) in [5.41, 5.74) is 2.60. The maximum Gasteiger partial charge on any atom is 0.0992 e. The van der Waals surface area contributed by atoms with E-state index in [-0.39, 0.29) is 0 Å². The van der Waals surface area contributed by atoms with E-state index in [0.29, 0.717) is 17.4 Å². The Morgan fingerprint density at radius 3 is 2.63 bits per heavy atom. The minimum absolute atomic E-state index is 0.499. The molecule has 0 aromatic heterocycles. The Kier molecular flexibility index (Phi) is 4.11. The number of nitrogens with zero attached hydrogens (tertiary/aromatic N) is 2. The molecular formula is C16H22N2O. The number of anilines is 1. The zero-order chi connectivity index (χ0) is 14.0. The van der Waals surface area contributed by atoms with Crippen molar-refractivity contribution >= 4 is 5.69 Å². The number of aliphatic hydroxyl groups excluding tert-OH is 1. The van der Waals surface area contributed by atoms with Crippen molar-refractivity contribution in [3.63, 3.8) is 0 Å². The van der Waals surface area contributed by atoms with Gasteiger partial charge in [0.15, 0.2) is 0 Å². The third-order valence-corrected chi connectivity index (χ3v) is 4.12. The Bertz CT molecular complexity index is 488. The summed E-state index contributed by atoms with van der Waals surface area (Å²) >= 11 is 0. The van der Waals surface area contributed by atoms with E-state index in [1.165, 1.54) is 6.42 Å². The molecule has 1 aliphatic heterocycles. The van der Waals surface area contributed by atoms with Gasteiger partial charge < -0.3 is 10.0 Å². The maximum absolute atomic E-state index is 9.89. The molecule has 0 amide bonds. The molecule has 1 saturated heterocycles. The van der Waals surface area contributed by atoms with Crippen LogP contribution in [0, 0.1) is 23.2 Å². The molecule has 0 bridgehead atoms. The van der Waals surface area contributed by atoms with E-state index in [1.807, 2.05) is 12.1 Å². The topological polar surface area (TPSA) is 47.3 Å². The number of benzene rings is 1. The summed E-state index contributed by atoms with van der Waals surface area (Å²) in [5.74, 6) is 1.38. The van der Waals surface area contributed by atoms with Crippen LogP contribution in [0.1, 0.15) is 44.4 Å². The lowest BCUT2D eigenvalue weighted by Gasteiger charge is -2.24. The zero-order valence-corrected chi connectivity index (χ0v) is 11.9. The van der Waals surface area contributed by atoms with Crippen molar-refractivity contribution in [1.29, 1.82) is 5.26 Å². The fraction of sp³-hybridized carbons (Fsp3) is 0.562. The smallest absolute Gasteiger partial charge is 0.0992 e. The van der Waals surface area contributed by atoms with Crippen LogP contribution in [0.3, 0.4) is 0 Å². The number of nitriles is 1. The first-order chi connectivity index (χ1) is 9.02. The molecule has 2 rings (SSSR count). The van der Waals surface area contributed by atoms with Gasteiger partial charge in [0.05, 0.1) is 17.7 Å². The average Bonchev–Trinajstić information content (AvgIpc) is 2.87. The van der Waals surface area contributed by atoms with Crippen LogP contribution >= 0.6 is 0 Å². The number of hydrogen-bond donors (Lipinski definition) is 1. The SMILES string of the molecule is CC(C)C1CCN(c2cc(C#N)ccc2[C@H](C)O)C1. The molecule has 1 aliphatic rings. The van der Waals surface area contributed by atoms with Crippen molar-refractivity contribution in [2.75, 3.05) is 18.0 Å². The van der Waals surface area contributed by atoms with Crippen LogP contribution in [0.5, 0.6) is 0 Å². The first-order valence-electron chi connectivity index (χ1n) is 7.00. The second-order valence-corrected chi connectivity index (χ2v) is 5.80. The van der Waals surface area contributed by atoms with Crippen LogP contribution in [0.2, 0.25) is 0 Å². The third kappa shape index (κ3) is 2.90. The Balaban J connectivity index is 2.31. The van der Waals surface area contributed by atoms with Gasteiger partial charge in [0, 0.05) is 24.3 Å². The van der Waals surface area contributed by atoms with Gasteiger partial charge in [0.1, 0.15) is 0 Å². The van der Waals surface area contributed by atoms with Gasteiger partial charge in [-0.05, 0) is 37.3 Å². The summed E-state index contributed by atoms with van der Waals surface area (Å²) < 4.78 is 0. The molecule has 1 unspecified atom stereocenters. The number of rotatable bonds is 3. The molecule has 102 valence electrons. The van der Waals surface area contributed by atoms with E-state index in [1.54, 1.807) is 13.0 Å². The highest BCUT2D eigenvalue weighted by Gasteiger charge is 2.27. The van der Waals surface area contributed by atoms with E-state index >= 15 is 0 Å². The van der Waals surface area contributed by atoms with Crippen LogP contribution in [-0.4, -0.2) is 18.2 Å². The van der Waals surface area contributed by atoms with Crippen LogP contribution in [0.15, 0.2) is 18.2 Å². The van der Waals surface area contributed by atoms with Crippen molar-refractivity contribution in [1.82, 2.24) is 0 Å². The highest BCUT2D eigenvalue weighted by Crippen LogP contribution is 2.33. The van der Waals surface area contributed by atoms with E-state index in [2.05, 4.69) is 24.8 Å². The van der Waals surface area contributed by atoms with Gasteiger partial charge in [-0.2, -0.15) is 5.26 Å². The fourth-order valence-electron chi connectivity index (χ4n) is 2.79. The summed E-state index contributed by atoms with van der Waals surface area (Å²) in [5, 5.41) is 18.9. The van der Waals surface area contributed by atoms with Gasteiger partial charge in [-0.3, -0.25) is 0 Å². The first kappa shape index (κ1) is 13.9. The van der Waals surface area contributed by atoms with Crippen molar-refractivity contribution in [3.8, 4) is 6.07 Å². The summed E-state index contributed by atoms with van der Waals surface area (Å²) in [6.45, 7) is 8.33. The monoisotopic (exact) mass is 258 g/mol. The predicted molar refractivity (Wildman–Crippen MR) is 76.9 cm³/mol. The van der Waals surface area contributed by atoms with E-state index in [0.717, 1.165) is 24.3 Å². The van der Waals surface area contributed by atoms with Gasteiger partial charge in [0.25, 0.3) is 0 Å². The van der Waals surface area contributed by atoms with Crippen LogP contribution in [-0.2, 0) is 0 Å². The predicted octanol–water partition coefficient (Wildman–Crippen LogP) is 3.09. The molecule has 3 nitrogen and oxygen atoms in total. The van der Waals surface area contributed by atoms with Crippen molar-refractivity contribution in [3.05, 3.63) is 29.3 Å². The van der Waals surface area contributed by atoms with Gasteiger partial charge in [-0.15, -0.1) is 0 Å².